The molecular weight excluding hydrogens is 273 g/mol. The van der Waals surface area contributed by atoms with Crippen LogP contribution in [0, 0.1) is 5.82 Å². The van der Waals surface area contributed by atoms with E-state index in [2.05, 4.69) is 10.3 Å². The molecule has 21 heavy (non-hydrogen) atoms. The molecule has 0 aliphatic heterocycles. The van der Waals surface area contributed by atoms with Gasteiger partial charge in [0.25, 0.3) is 5.91 Å². The van der Waals surface area contributed by atoms with Crippen LogP contribution in [0.5, 0.6) is 0 Å². The molecule has 0 saturated heterocycles. The van der Waals surface area contributed by atoms with Crippen LogP contribution in [0.2, 0.25) is 0 Å². The zero-order valence-electron chi connectivity index (χ0n) is 11.5. The molecular formula is C15H14FN3O2. The number of furan rings is 1. The van der Waals surface area contributed by atoms with Gasteiger partial charge in [-0.15, -0.1) is 0 Å². The fraction of sp³-hybridized carbons (Fsp3) is 0.200. The van der Waals surface area contributed by atoms with Crippen LogP contribution in [-0.4, -0.2) is 15.3 Å². The van der Waals surface area contributed by atoms with E-state index in [9.17, 15) is 9.18 Å². The van der Waals surface area contributed by atoms with Crippen LogP contribution in [0.4, 0.5) is 4.39 Å². The average Bonchev–Trinajstić information content (AvgIpc) is 3.11. The number of hydrogen-bond acceptors (Lipinski definition) is 3. The molecule has 3 aromatic rings. The first kappa shape index (κ1) is 13.4. The Labute approximate surface area is 120 Å². The van der Waals surface area contributed by atoms with Gasteiger partial charge in [-0.1, -0.05) is 6.92 Å². The first-order valence-electron chi connectivity index (χ1n) is 6.66. The zero-order valence-corrected chi connectivity index (χ0v) is 11.5. The number of fused-ring (bicyclic) bond motifs is 1. The van der Waals surface area contributed by atoms with Gasteiger partial charge in [-0.3, -0.25) is 9.20 Å². The average molecular weight is 287 g/mol. The van der Waals surface area contributed by atoms with Crippen molar-refractivity contribution in [3.63, 3.8) is 0 Å². The van der Waals surface area contributed by atoms with Gasteiger partial charge >= 0.3 is 0 Å². The molecule has 3 heterocycles. The lowest BCUT2D eigenvalue weighted by molar-refractivity contribution is 0.0941. The lowest BCUT2D eigenvalue weighted by Gasteiger charge is -2.05. The largest absolute Gasteiger partial charge is 0.467 e. The summed E-state index contributed by atoms with van der Waals surface area (Å²) in [6.45, 7) is 2.18. The Kier molecular flexibility index (Phi) is 3.43. The summed E-state index contributed by atoms with van der Waals surface area (Å²) in [4.78, 5) is 16.7. The molecule has 0 spiro atoms. The first-order chi connectivity index (χ1) is 10.2. The maximum atomic E-state index is 13.4. The van der Waals surface area contributed by atoms with Crippen molar-refractivity contribution in [3.05, 3.63) is 59.7 Å². The van der Waals surface area contributed by atoms with Gasteiger partial charge < -0.3 is 9.73 Å². The molecule has 3 rings (SSSR count). The second kappa shape index (κ2) is 5.40. The molecule has 0 atom stereocenters. The zero-order chi connectivity index (χ0) is 14.8. The van der Waals surface area contributed by atoms with Crippen molar-refractivity contribution in [2.75, 3.05) is 0 Å². The van der Waals surface area contributed by atoms with Gasteiger partial charge in [-0.05, 0) is 30.7 Å². The molecule has 0 radical (unpaired) electrons. The smallest absolute Gasteiger partial charge is 0.270 e. The Morgan fingerprint density at radius 3 is 3.00 bits per heavy atom. The number of aryl methyl sites for hydroxylation is 1. The number of pyridine rings is 1. The van der Waals surface area contributed by atoms with Crippen molar-refractivity contribution in [2.45, 2.75) is 19.9 Å². The predicted octanol–water partition coefficient (Wildman–Crippen LogP) is 2.56. The van der Waals surface area contributed by atoms with Gasteiger partial charge in [0, 0.05) is 6.20 Å². The van der Waals surface area contributed by atoms with Gasteiger partial charge in [0.15, 0.2) is 0 Å². The van der Waals surface area contributed by atoms with Crippen LogP contribution in [0.25, 0.3) is 5.65 Å². The van der Waals surface area contributed by atoms with Crippen molar-refractivity contribution in [1.82, 2.24) is 14.7 Å². The Morgan fingerprint density at radius 2 is 2.29 bits per heavy atom. The minimum absolute atomic E-state index is 0.275. The fourth-order valence-corrected chi connectivity index (χ4v) is 2.22. The summed E-state index contributed by atoms with van der Waals surface area (Å²) < 4.78 is 20.1. The summed E-state index contributed by atoms with van der Waals surface area (Å²) in [5.41, 5.74) is 1.55. The summed E-state index contributed by atoms with van der Waals surface area (Å²) in [5.74, 6) is -0.0645. The van der Waals surface area contributed by atoms with Crippen molar-refractivity contribution in [2.24, 2.45) is 0 Å². The van der Waals surface area contributed by atoms with Gasteiger partial charge in [0.1, 0.15) is 22.9 Å². The number of imidazole rings is 1. The highest BCUT2D eigenvalue weighted by atomic mass is 19.1. The van der Waals surface area contributed by atoms with Crippen LogP contribution in [0.15, 0.2) is 41.1 Å². The molecule has 0 aromatic carbocycles. The van der Waals surface area contributed by atoms with Gasteiger partial charge in [-0.25, -0.2) is 9.37 Å². The third-order valence-corrected chi connectivity index (χ3v) is 3.21. The Bertz CT molecular complexity index is 778. The summed E-state index contributed by atoms with van der Waals surface area (Å²) in [5, 5.41) is 2.76. The third-order valence-electron chi connectivity index (χ3n) is 3.21. The van der Waals surface area contributed by atoms with E-state index in [0.29, 0.717) is 29.2 Å². The van der Waals surface area contributed by atoms with Crippen LogP contribution >= 0.6 is 0 Å². The van der Waals surface area contributed by atoms with Gasteiger partial charge in [-0.2, -0.15) is 0 Å². The maximum absolute atomic E-state index is 13.4. The van der Waals surface area contributed by atoms with Crippen molar-refractivity contribution in [3.8, 4) is 0 Å². The summed E-state index contributed by atoms with van der Waals surface area (Å²) in [7, 11) is 0. The van der Waals surface area contributed by atoms with E-state index in [1.165, 1.54) is 16.7 Å². The highest BCUT2D eigenvalue weighted by molar-refractivity contribution is 5.94. The van der Waals surface area contributed by atoms with E-state index in [-0.39, 0.29) is 12.5 Å². The third kappa shape index (κ3) is 2.52. The highest BCUT2D eigenvalue weighted by Crippen LogP contribution is 2.15. The van der Waals surface area contributed by atoms with E-state index in [1.807, 2.05) is 6.92 Å². The van der Waals surface area contributed by atoms with Crippen LogP contribution in [0.1, 0.15) is 28.9 Å². The molecule has 1 amide bonds. The molecule has 0 aliphatic rings. The highest BCUT2D eigenvalue weighted by Gasteiger charge is 2.18. The Balaban J connectivity index is 1.94. The lowest BCUT2D eigenvalue weighted by Crippen LogP contribution is -2.25. The maximum Gasteiger partial charge on any atom is 0.270 e. The first-order valence-corrected chi connectivity index (χ1v) is 6.66. The monoisotopic (exact) mass is 287 g/mol. The second-order valence-corrected chi connectivity index (χ2v) is 4.60. The van der Waals surface area contributed by atoms with Crippen LogP contribution in [0.3, 0.4) is 0 Å². The molecule has 1 N–H and O–H groups in total. The minimum Gasteiger partial charge on any atom is -0.467 e. The molecule has 3 aromatic heterocycles. The number of amides is 1. The Hall–Kier alpha value is -2.63. The summed E-state index contributed by atoms with van der Waals surface area (Å²) in [6.07, 6.45) is 3.40. The minimum atomic E-state index is -0.414. The number of carbonyl (C=O) groups is 1. The number of hydrogen-bond donors (Lipinski definition) is 1. The lowest BCUT2D eigenvalue weighted by atomic mass is 10.2. The fourth-order valence-electron chi connectivity index (χ4n) is 2.22. The molecule has 0 fully saturated rings. The number of carbonyl (C=O) groups excluding carboxylic acids is 1. The van der Waals surface area contributed by atoms with Crippen LogP contribution < -0.4 is 5.32 Å². The molecule has 6 heteroatoms. The standard InChI is InChI=1S/C15H14FN3O2/c1-2-12-14(15(20)17-8-11-4-3-7-21-11)19-9-10(16)5-6-13(19)18-12/h3-7,9H,2,8H2,1H3,(H,17,20). The molecule has 0 bridgehead atoms. The summed E-state index contributed by atoms with van der Waals surface area (Å²) >= 11 is 0. The Morgan fingerprint density at radius 1 is 1.43 bits per heavy atom. The molecule has 108 valence electrons. The van der Waals surface area contributed by atoms with E-state index in [1.54, 1.807) is 24.5 Å². The SMILES string of the molecule is CCc1nc2ccc(F)cn2c1C(=O)NCc1ccco1. The van der Waals surface area contributed by atoms with E-state index in [4.69, 9.17) is 4.42 Å². The predicted molar refractivity (Wildman–Crippen MR) is 74.4 cm³/mol. The molecule has 0 aliphatic carbocycles. The van der Waals surface area contributed by atoms with Gasteiger partial charge in [0.2, 0.25) is 0 Å². The number of nitrogens with zero attached hydrogens (tertiary/aromatic N) is 2. The topological polar surface area (TPSA) is 59.5 Å². The quantitative estimate of drug-likeness (QED) is 0.802. The van der Waals surface area contributed by atoms with E-state index < -0.39 is 5.82 Å². The van der Waals surface area contributed by atoms with E-state index >= 15 is 0 Å². The molecule has 0 unspecified atom stereocenters. The normalized spacial score (nSPS) is 11.0. The van der Waals surface area contributed by atoms with Gasteiger partial charge in [0.05, 0.1) is 18.5 Å². The molecule has 0 saturated carbocycles. The number of nitrogens with one attached hydrogen (secondary N) is 1. The summed E-state index contributed by atoms with van der Waals surface area (Å²) in [6, 6.07) is 6.40. The second-order valence-electron chi connectivity index (χ2n) is 4.60. The van der Waals surface area contributed by atoms with Crippen molar-refractivity contribution >= 4 is 11.6 Å². The number of halogens is 1. The van der Waals surface area contributed by atoms with Crippen molar-refractivity contribution in [1.29, 1.82) is 0 Å². The van der Waals surface area contributed by atoms with Crippen LogP contribution in [-0.2, 0) is 13.0 Å². The van der Waals surface area contributed by atoms with E-state index in [0.717, 1.165) is 0 Å². The number of aromatic nitrogens is 2. The molecule has 5 nitrogen and oxygen atoms in total. The number of rotatable bonds is 4. The van der Waals surface area contributed by atoms with Crippen molar-refractivity contribution < 1.29 is 13.6 Å².